The summed E-state index contributed by atoms with van der Waals surface area (Å²) in [5.74, 6) is -0.585. The summed E-state index contributed by atoms with van der Waals surface area (Å²) in [6.07, 6.45) is 6.72. The minimum Gasteiger partial charge on any atom is -0.378 e. The highest BCUT2D eigenvalue weighted by Gasteiger charge is 2.33. The average molecular weight is 284 g/mol. The highest BCUT2D eigenvalue weighted by molar-refractivity contribution is 8.00. The first-order valence-corrected chi connectivity index (χ1v) is 7.52. The van der Waals surface area contributed by atoms with Crippen molar-refractivity contribution in [2.75, 3.05) is 18.1 Å². The summed E-state index contributed by atoms with van der Waals surface area (Å²) in [7, 11) is 0. The normalized spacial score (nSPS) is 17.4. The summed E-state index contributed by atoms with van der Waals surface area (Å²) in [5.41, 5.74) is 0.195. The van der Waals surface area contributed by atoms with Gasteiger partial charge in [-0.3, -0.25) is 10.1 Å². The van der Waals surface area contributed by atoms with Crippen molar-refractivity contribution in [3.05, 3.63) is 34.1 Å². The van der Waals surface area contributed by atoms with Gasteiger partial charge in [-0.1, -0.05) is 12.8 Å². The van der Waals surface area contributed by atoms with Crippen LogP contribution in [0.2, 0.25) is 0 Å². The monoisotopic (exact) mass is 284 g/mol. The smallest absolute Gasteiger partial charge is 0.295 e. The van der Waals surface area contributed by atoms with E-state index >= 15 is 0 Å². The van der Waals surface area contributed by atoms with Crippen molar-refractivity contribution in [2.24, 2.45) is 0 Å². The Morgan fingerprint density at radius 3 is 2.74 bits per heavy atom. The fourth-order valence-corrected chi connectivity index (χ4v) is 3.45. The van der Waals surface area contributed by atoms with E-state index in [0.29, 0.717) is 12.2 Å². The molecule has 0 saturated heterocycles. The standard InChI is InChI=1S/C13H17FN2O2S/c1-19-13(6-2-3-7-13)9-15-11-5-4-10(14)8-12(11)16(17)18/h4-5,8,15H,2-3,6-7,9H2,1H3. The van der Waals surface area contributed by atoms with Crippen LogP contribution in [0, 0.1) is 15.9 Å². The lowest BCUT2D eigenvalue weighted by atomic mass is 10.1. The maximum absolute atomic E-state index is 13.1. The largest absolute Gasteiger partial charge is 0.378 e. The first-order chi connectivity index (χ1) is 9.06. The molecule has 0 atom stereocenters. The minimum absolute atomic E-state index is 0.155. The fraction of sp³-hybridized carbons (Fsp3) is 0.538. The molecule has 104 valence electrons. The third-order valence-corrected chi connectivity index (χ3v) is 5.12. The summed E-state index contributed by atoms with van der Waals surface area (Å²) in [6.45, 7) is 0.681. The molecule has 0 heterocycles. The lowest BCUT2D eigenvalue weighted by molar-refractivity contribution is -0.384. The Morgan fingerprint density at radius 2 is 2.16 bits per heavy atom. The maximum Gasteiger partial charge on any atom is 0.295 e. The van der Waals surface area contributed by atoms with Crippen LogP contribution in [0.5, 0.6) is 0 Å². The van der Waals surface area contributed by atoms with E-state index in [-0.39, 0.29) is 10.4 Å². The Morgan fingerprint density at radius 1 is 1.47 bits per heavy atom. The summed E-state index contributed by atoms with van der Waals surface area (Å²) < 4.78 is 13.2. The molecule has 1 aromatic rings. The van der Waals surface area contributed by atoms with E-state index in [9.17, 15) is 14.5 Å². The second-order valence-electron chi connectivity index (χ2n) is 4.87. The van der Waals surface area contributed by atoms with Gasteiger partial charge in [-0.15, -0.1) is 0 Å². The van der Waals surface area contributed by atoms with Gasteiger partial charge < -0.3 is 5.32 Å². The van der Waals surface area contributed by atoms with Crippen LogP contribution < -0.4 is 5.32 Å². The number of nitrogens with one attached hydrogen (secondary N) is 1. The predicted octanol–water partition coefficient (Wildman–Crippen LogP) is 3.82. The van der Waals surface area contributed by atoms with Crippen LogP contribution in [0.1, 0.15) is 25.7 Å². The molecule has 0 spiro atoms. The van der Waals surface area contributed by atoms with Crippen LogP contribution in [-0.4, -0.2) is 22.5 Å². The molecule has 2 rings (SSSR count). The summed E-state index contributed by atoms with van der Waals surface area (Å²) >= 11 is 1.81. The first-order valence-electron chi connectivity index (χ1n) is 6.29. The average Bonchev–Trinajstić information content (AvgIpc) is 2.86. The lowest BCUT2D eigenvalue weighted by Crippen LogP contribution is -2.30. The van der Waals surface area contributed by atoms with E-state index in [1.165, 1.54) is 25.0 Å². The molecule has 0 radical (unpaired) electrons. The van der Waals surface area contributed by atoms with E-state index in [0.717, 1.165) is 18.9 Å². The zero-order chi connectivity index (χ0) is 13.9. The molecular formula is C13H17FN2O2S. The van der Waals surface area contributed by atoms with Gasteiger partial charge in [-0.2, -0.15) is 11.8 Å². The number of nitro benzene ring substituents is 1. The summed E-state index contributed by atoms with van der Waals surface area (Å²) in [5, 5.41) is 14.0. The molecular weight excluding hydrogens is 267 g/mol. The zero-order valence-electron chi connectivity index (χ0n) is 10.8. The molecule has 1 fully saturated rings. The predicted molar refractivity (Wildman–Crippen MR) is 76.3 cm³/mol. The number of anilines is 1. The second-order valence-corrected chi connectivity index (χ2v) is 6.14. The summed E-state index contributed by atoms with van der Waals surface area (Å²) in [4.78, 5) is 10.4. The van der Waals surface area contributed by atoms with Crippen LogP contribution in [0.3, 0.4) is 0 Å². The van der Waals surface area contributed by atoms with Gasteiger partial charge >= 0.3 is 0 Å². The number of benzene rings is 1. The third-order valence-electron chi connectivity index (χ3n) is 3.71. The van der Waals surface area contributed by atoms with E-state index < -0.39 is 10.7 Å². The lowest BCUT2D eigenvalue weighted by Gasteiger charge is -2.27. The molecule has 4 nitrogen and oxygen atoms in total. The van der Waals surface area contributed by atoms with Crippen LogP contribution in [-0.2, 0) is 0 Å². The zero-order valence-corrected chi connectivity index (χ0v) is 11.6. The molecule has 19 heavy (non-hydrogen) atoms. The molecule has 1 saturated carbocycles. The minimum atomic E-state index is -0.585. The topological polar surface area (TPSA) is 55.2 Å². The number of rotatable bonds is 5. The number of hydrogen-bond acceptors (Lipinski definition) is 4. The Balaban J connectivity index is 2.13. The third kappa shape index (κ3) is 3.18. The fourth-order valence-electron chi connectivity index (χ4n) is 2.53. The molecule has 0 aromatic heterocycles. The van der Waals surface area contributed by atoms with Crippen LogP contribution in [0.25, 0.3) is 0 Å². The van der Waals surface area contributed by atoms with Gasteiger partial charge in [0.25, 0.3) is 5.69 Å². The maximum atomic E-state index is 13.1. The number of hydrogen-bond donors (Lipinski definition) is 1. The Bertz CT molecular complexity index is 476. The number of nitrogens with zero attached hydrogens (tertiary/aromatic N) is 1. The molecule has 0 bridgehead atoms. The molecule has 1 aromatic carbocycles. The van der Waals surface area contributed by atoms with Crippen molar-refractivity contribution >= 4 is 23.1 Å². The number of halogens is 1. The summed E-state index contributed by atoms with van der Waals surface area (Å²) in [6, 6.07) is 3.65. The Kier molecular flexibility index (Phi) is 4.29. The van der Waals surface area contributed by atoms with Gasteiger partial charge in [0.1, 0.15) is 11.5 Å². The number of nitro groups is 1. The van der Waals surface area contributed by atoms with Gasteiger partial charge in [0.15, 0.2) is 0 Å². The molecule has 1 N–H and O–H groups in total. The molecule has 1 aliphatic rings. The van der Waals surface area contributed by atoms with Crippen LogP contribution in [0.15, 0.2) is 18.2 Å². The molecule has 1 aliphatic carbocycles. The van der Waals surface area contributed by atoms with Gasteiger partial charge in [0.2, 0.25) is 0 Å². The highest BCUT2D eigenvalue weighted by Crippen LogP contribution is 2.40. The Hall–Kier alpha value is -1.30. The second kappa shape index (κ2) is 5.77. The molecule has 0 aliphatic heterocycles. The first kappa shape index (κ1) is 14.1. The number of thioether (sulfide) groups is 1. The van der Waals surface area contributed by atoms with Crippen molar-refractivity contribution < 1.29 is 9.31 Å². The quantitative estimate of drug-likeness (QED) is 0.659. The van der Waals surface area contributed by atoms with Crippen molar-refractivity contribution in [3.63, 3.8) is 0 Å². The van der Waals surface area contributed by atoms with Gasteiger partial charge in [-0.25, -0.2) is 4.39 Å². The van der Waals surface area contributed by atoms with E-state index in [1.807, 2.05) is 11.8 Å². The van der Waals surface area contributed by atoms with Crippen molar-refractivity contribution in [3.8, 4) is 0 Å². The molecule has 0 unspecified atom stereocenters. The molecule has 0 amide bonds. The highest BCUT2D eigenvalue weighted by atomic mass is 32.2. The van der Waals surface area contributed by atoms with Gasteiger partial charge in [0.05, 0.1) is 11.0 Å². The van der Waals surface area contributed by atoms with Gasteiger partial charge in [0, 0.05) is 11.3 Å². The Labute approximate surface area is 115 Å². The van der Waals surface area contributed by atoms with Crippen molar-refractivity contribution in [2.45, 2.75) is 30.4 Å². The van der Waals surface area contributed by atoms with Crippen molar-refractivity contribution in [1.82, 2.24) is 0 Å². The van der Waals surface area contributed by atoms with E-state index in [2.05, 4.69) is 11.6 Å². The van der Waals surface area contributed by atoms with E-state index in [1.54, 1.807) is 0 Å². The van der Waals surface area contributed by atoms with Crippen LogP contribution >= 0.6 is 11.8 Å². The van der Waals surface area contributed by atoms with E-state index in [4.69, 9.17) is 0 Å². The van der Waals surface area contributed by atoms with Gasteiger partial charge in [-0.05, 0) is 31.2 Å². The van der Waals surface area contributed by atoms with Crippen LogP contribution in [0.4, 0.5) is 15.8 Å². The molecule has 6 heteroatoms. The SMILES string of the molecule is CSC1(CNc2ccc(F)cc2[N+](=O)[O-])CCCC1. The van der Waals surface area contributed by atoms with Crippen molar-refractivity contribution in [1.29, 1.82) is 0 Å².